The van der Waals surface area contributed by atoms with E-state index in [9.17, 15) is 18.0 Å². The average Bonchev–Trinajstić information content (AvgIpc) is 2.47. The third-order valence-electron chi connectivity index (χ3n) is 4.03. The van der Waals surface area contributed by atoms with Crippen molar-refractivity contribution in [1.29, 1.82) is 0 Å². The highest BCUT2D eigenvalue weighted by Gasteiger charge is 2.44. The second-order valence-corrected chi connectivity index (χ2v) is 7.02. The van der Waals surface area contributed by atoms with Gasteiger partial charge >= 0.3 is 12.2 Å². The number of aryl methyl sites for hydroxylation is 1. The fraction of sp³-hybridized carbons (Fsp3) is 0.588. The number of anilines is 1. The molecule has 1 aromatic rings. The van der Waals surface area contributed by atoms with E-state index >= 15 is 0 Å². The molecule has 0 bridgehead atoms. The van der Waals surface area contributed by atoms with Crippen molar-refractivity contribution in [1.82, 2.24) is 4.90 Å². The molecular weight excluding hydrogens is 321 g/mol. The van der Waals surface area contributed by atoms with Crippen LogP contribution in [0.5, 0.6) is 0 Å². The molecule has 1 aromatic carbocycles. The summed E-state index contributed by atoms with van der Waals surface area (Å²) in [6, 6.07) is 5.15. The van der Waals surface area contributed by atoms with Crippen molar-refractivity contribution in [2.75, 3.05) is 25.0 Å². The number of carbonyl (C=O) groups excluding carboxylic acids is 1. The Bertz CT molecular complexity index is 609. The normalized spacial score (nSPS) is 19.3. The van der Waals surface area contributed by atoms with E-state index in [0.29, 0.717) is 5.69 Å². The van der Waals surface area contributed by atoms with Gasteiger partial charge < -0.3 is 15.0 Å². The van der Waals surface area contributed by atoms with Crippen LogP contribution in [0, 0.1) is 6.92 Å². The maximum Gasteiger partial charge on any atom is 0.416 e. The Morgan fingerprint density at radius 2 is 1.96 bits per heavy atom. The molecule has 0 aliphatic carbocycles. The number of benzene rings is 1. The Morgan fingerprint density at radius 3 is 2.54 bits per heavy atom. The number of urea groups is 1. The first kappa shape index (κ1) is 18.6. The number of nitrogens with zero attached hydrogens (tertiary/aromatic N) is 1. The highest BCUT2D eigenvalue weighted by molar-refractivity contribution is 5.91. The quantitative estimate of drug-likeness (QED) is 0.834. The van der Waals surface area contributed by atoms with E-state index < -0.39 is 24.9 Å². The summed E-state index contributed by atoms with van der Waals surface area (Å²) in [7, 11) is 0. The molecule has 2 amide bonds. The number of nitrogens with one attached hydrogen (secondary N) is 1. The Hall–Kier alpha value is -1.76. The smallest absolute Gasteiger partial charge is 0.365 e. The fourth-order valence-electron chi connectivity index (χ4n) is 2.68. The maximum atomic E-state index is 12.8. The van der Waals surface area contributed by atoms with Crippen molar-refractivity contribution >= 4 is 11.7 Å². The molecule has 134 valence electrons. The lowest BCUT2D eigenvalue weighted by molar-refractivity contribution is -0.233. The highest BCUT2D eigenvalue weighted by Crippen LogP contribution is 2.32. The minimum absolute atomic E-state index is 0.127. The third-order valence-corrected chi connectivity index (χ3v) is 4.03. The van der Waals surface area contributed by atoms with E-state index in [-0.39, 0.29) is 18.6 Å². The maximum absolute atomic E-state index is 12.8. The molecule has 7 heteroatoms. The monoisotopic (exact) mass is 344 g/mol. The van der Waals surface area contributed by atoms with Gasteiger partial charge in [0, 0.05) is 12.2 Å². The van der Waals surface area contributed by atoms with Crippen LogP contribution in [0.1, 0.15) is 31.9 Å². The van der Waals surface area contributed by atoms with Crippen molar-refractivity contribution in [3.05, 3.63) is 29.3 Å². The van der Waals surface area contributed by atoms with Gasteiger partial charge in [0.2, 0.25) is 0 Å². The summed E-state index contributed by atoms with van der Waals surface area (Å²) in [6.45, 7) is 7.44. The number of alkyl halides is 3. The van der Waals surface area contributed by atoms with Crippen molar-refractivity contribution in [3.8, 4) is 0 Å². The minimum atomic E-state index is -4.47. The zero-order valence-electron chi connectivity index (χ0n) is 14.3. The first-order valence-corrected chi connectivity index (χ1v) is 7.84. The van der Waals surface area contributed by atoms with Gasteiger partial charge in [-0.05, 0) is 23.5 Å². The highest BCUT2D eigenvalue weighted by atomic mass is 19.4. The summed E-state index contributed by atoms with van der Waals surface area (Å²) in [5.74, 6) is 0. The van der Waals surface area contributed by atoms with E-state index in [0.717, 1.165) is 16.0 Å². The molecule has 0 spiro atoms. The van der Waals surface area contributed by atoms with E-state index in [4.69, 9.17) is 4.74 Å². The van der Waals surface area contributed by atoms with Gasteiger partial charge in [-0.1, -0.05) is 39.0 Å². The van der Waals surface area contributed by atoms with Crippen LogP contribution in [0.2, 0.25) is 0 Å². The molecule has 0 aromatic heterocycles. The molecule has 1 aliphatic heterocycles. The molecule has 0 unspecified atom stereocenters. The summed E-state index contributed by atoms with van der Waals surface area (Å²) in [5, 5.41) is 2.79. The van der Waals surface area contributed by atoms with Crippen molar-refractivity contribution < 1.29 is 22.7 Å². The van der Waals surface area contributed by atoms with Gasteiger partial charge in [-0.2, -0.15) is 13.2 Å². The SMILES string of the molecule is Cc1cccc(C(C)(C)C)c1NC(=O)N1CCO[C@H](C(F)(F)F)C1. The van der Waals surface area contributed by atoms with Crippen LogP contribution >= 0.6 is 0 Å². The Morgan fingerprint density at radius 1 is 1.29 bits per heavy atom. The number of carbonyl (C=O) groups is 1. The number of hydrogen-bond donors (Lipinski definition) is 1. The number of morpholine rings is 1. The second-order valence-electron chi connectivity index (χ2n) is 7.02. The lowest BCUT2D eigenvalue weighted by atomic mass is 9.84. The van der Waals surface area contributed by atoms with Crippen molar-refractivity contribution in [2.45, 2.75) is 45.4 Å². The van der Waals surface area contributed by atoms with Crippen LogP contribution in [0.3, 0.4) is 0 Å². The van der Waals surface area contributed by atoms with Crippen LogP contribution < -0.4 is 5.32 Å². The Balaban J connectivity index is 2.19. The average molecular weight is 344 g/mol. The molecule has 24 heavy (non-hydrogen) atoms. The van der Waals surface area contributed by atoms with Gasteiger partial charge in [0.15, 0.2) is 6.10 Å². The summed E-state index contributed by atoms with van der Waals surface area (Å²) >= 11 is 0. The summed E-state index contributed by atoms with van der Waals surface area (Å²) < 4.78 is 43.1. The summed E-state index contributed by atoms with van der Waals surface area (Å²) in [5.41, 5.74) is 2.27. The molecule has 0 radical (unpaired) electrons. The topological polar surface area (TPSA) is 41.6 Å². The lowest BCUT2D eigenvalue weighted by Gasteiger charge is -2.34. The first-order chi connectivity index (χ1) is 11.0. The second kappa shape index (κ2) is 6.63. The number of amides is 2. The van der Waals surface area contributed by atoms with E-state index in [1.807, 2.05) is 45.9 Å². The molecule has 4 nitrogen and oxygen atoms in total. The van der Waals surface area contributed by atoms with E-state index in [1.165, 1.54) is 0 Å². The van der Waals surface area contributed by atoms with E-state index in [1.54, 1.807) is 0 Å². The van der Waals surface area contributed by atoms with Gasteiger partial charge in [0.25, 0.3) is 0 Å². The zero-order valence-corrected chi connectivity index (χ0v) is 14.3. The van der Waals surface area contributed by atoms with Crippen LogP contribution in [-0.4, -0.2) is 42.9 Å². The number of rotatable bonds is 1. The number of ether oxygens (including phenoxy) is 1. The first-order valence-electron chi connectivity index (χ1n) is 7.84. The fourth-order valence-corrected chi connectivity index (χ4v) is 2.68. The number of hydrogen-bond acceptors (Lipinski definition) is 2. The Labute approximate surface area is 140 Å². The number of halogens is 3. The van der Waals surface area contributed by atoms with Crippen molar-refractivity contribution in [2.24, 2.45) is 0 Å². The zero-order chi connectivity index (χ0) is 18.1. The van der Waals surface area contributed by atoms with Crippen LogP contribution in [0.4, 0.5) is 23.7 Å². The predicted octanol–water partition coefficient (Wildman–Crippen LogP) is 4.09. The third kappa shape index (κ3) is 4.20. The molecule has 1 N–H and O–H groups in total. The van der Waals surface area contributed by atoms with Gasteiger partial charge in [-0.3, -0.25) is 0 Å². The molecule has 1 saturated heterocycles. The van der Waals surface area contributed by atoms with Crippen molar-refractivity contribution in [3.63, 3.8) is 0 Å². The van der Waals surface area contributed by atoms with Crippen LogP contribution in [0.15, 0.2) is 18.2 Å². The van der Waals surface area contributed by atoms with Gasteiger partial charge in [-0.15, -0.1) is 0 Å². The van der Waals surface area contributed by atoms with Gasteiger partial charge in [-0.25, -0.2) is 4.79 Å². The minimum Gasteiger partial charge on any atom is -0.365 e. The van der Waals surface area contributed by atoms with E-state index in [2.05, 4.69) is 5.32 Å². The largest absolute Gasteiger partial charge is 0.416 e. The molecule has 1 atom stereocenters. The van der Waals surface area contributed by atoms with Crippen LogP contribution in [0.25, 0.3) is 0 Å². The molecule has 1 heterocycles. The molecule has 0 saturated carbocycles. The standard InChI is InChI=1S/C17H23F3N2O2/c1-11-6-5-7-12(16(2,3)4)14(11)21-15(23)22-8-9-24-13(10-22)17(18,19)20/h5-7,13H,8-10H2,1-4H3,(H,21,23)/t13-/m0/s1. The molecular formula is C17H23F3N2O2. The lowest BCUT2D eigenvalue weighted by Crippen LogP contribution is -2.52. The van der Waals surface area contributed by atoms with Gasteiger partial charge in [0.05, 0.1) is 13.2 Å². The molecule has 1 fully saturated rings. The van der Waals surface area contributed by atoms with Crippen LogP contribution in [-0.2, 0) is 10.2 Å². The molecule has 2 rings (SSSR count). The van der Waals surface area contributed by atoms with Gasteiger partial charge in [0.1, 0.15) is 0 Å². The predicted molar refractivity (Wildman–Crippen MR) is 86.3 cm³/mol. The molecule has 1 aliphatic rings. The summed E-state index contributed by atoms with van der Waals surface area (Å²) in [6.07, 6.45) is -6.41. The summed E-state index contributed by atoms with van der Waals surface area (Å²) in [4.78, 5) is 13.6. The Kier molecular flexibility index (Phi) is 5.13. The number of para-hydroxylation sites is 1.